The van der Waals surface area contributed by atoms with Crippen molar-refractivity contribution in [3.05, 3.63) is 75.2 Å². The lowest BCUT2D eigenvalue weighted by atomic mass is 10.2. The summed E-state index contributed by atoms with van der Waals surface area (Å²) in [6.07, 6.45) is 0.854. The SMILES string of the molecule is Clc1ccc2oc(NCc3csc(Cc4ccccc4)n3)nc2c1. The largest absolute Gasteiger partial charge is 0.424 e. The Balaban J connectivity index is 1.42. The molecule has 0 atom stereocenters. The summed E-state index contributed by atoms with van der Waals surface area (Å²) in [6.45, 7) is 0.575. The molecule has 0 amide bonds. The van der Waals surface area contributed by atoms with Crippen molar-refractivity contribution in [1.82, 2.24) is 9.97 Å². The van der Waals surface area contributed by atoms with Gasteiger partial charge in [0.25, 0.3) is 6.01 Å². The van der Waals surface area contributed by atoms with E-state index in [9.17, 15) is 0 Å². The predicted molar refractivity (Wildman–Crippen MR) is 97.7 cm³/mol. The maximum absolute atomic E-state index is 5.96. The highest BCUT2D eigenvalue weighted by atomic mass is 35.5. The summed E-state index contributed by atoms with van der Waals surface area (Å²) in [5, 5.41) is 6.98. The number of halogens is 1. The summed E-state index contributed by atoms with van der Waals surface area (Å²) in [5.74, 6) is 0. The van der Waals surface area contributed by atoms with Gasteiger partial charge >= 0.3 is 0 Å². The van der Waals surface area contributed by atoms with Crippen LogP contribution in [0.2, 0.25) is 5.02 Å². The maximum Gasteiger partial charge on any atom is 0.296 e. The highest BCUT2D eigenvalue weighted by molar-refractivity contribution is 7.09. The molecule has 4 nitrogen and oxygen atoms in total. The monoisotopic (exact) mass is 355 g/mol. The average molecular weight is 356 g/mol. The number of nitrogens with zero attached hydrogens (tertiary/aromatic N) is 2. The second-order valence-corrected chi connectivity index (χ2v) is 6.76. The van der Waals surface area contributed by atoms with Gasteiger partial charge in [0.05, 0.1) is 17.2 Å². The third-order valence-corrected chi connectivity index (χ3v) is 4.70. The summed E-state index contributed by atoms with van der Waals surface area (Å²) in [6, 6.07) is 16.2. The molecule has 0 aliphatic heterocycles. The van der Waals surface area contributed by atoms with Crippen molar-refractivity contribution in [3.8, 4) is 0 Å². The van der Waals surface area contributed by atoms with E-state index in [0.29, 0.717) is 23.2 Å². The Morgan fingerprint density at radius 3 is 2.83 bits per heavy atom. The van der Waals surface area contributed by atoms with Crippen LogP contribution in [0.15, 0.2) is 58.3 Å². The molecular formula is C18H14ClN3OS. The Hall–Kier alpha value is -2.37. The summed E-state index contributed by atoms with van der Waals surface area (Å²) >= 11 is 7.63. The second-order valence-electron chi connectivity index (χ2n) is 5.38. The van der Waals surface area contributed by atoms with E-state index in [1.165, 1.54) is 5.56 Å². The molecule has 0 aliphatic carbocycles. The molecule has 0 spiro atoms. The van der Waals surface area contributed by atoms with Crippen LogP contribution >= 0.6 is 22.9 Å². The summed E-state index contributed by atoms with van der Waals surface area (Å²) in [4.78, 5) is 9.03. The molecular weight excluding hydrogens is 342 g/mol. The van der Waals surface area contributed by atoms with Gasteiger partial charge in [0.15, 0.2) is 5.58 Å². The Kier molecular flexibility index (Phi) is 4.19. The van der Waals surface area contributed by atoms with E-state index in [1.54, 1.807) is 23.5 Å². The molecule has 1 N–H and O–H groups in total. The van der Waals surface area contributed by atoms with Crippen molar-refractivity contribution < 1.29 is 4.42 Å². The molecule has 0 bridgehead atoms. The molecule has 2 aromatic carbocycles. The van der Waals surface area contributed by atoms with Crippen molar-refractivity contribution in [2.24, 2.45) is 0 Å². The lowest BCUT2D eigenvalue weighted by molar-refractivity contribution is 0.614. The quantitative estimate of drug-likeness (QED) is 0.538. The first kappa shape index (κ1) is 15.2. The van der Waals surface area contributed by atoms with Gasteiger partial charge < -0.3 is 9.73 Å². The Bertz CT molecular complexity index is 965. The van der Waals surface area contributed by atoms with Gasteiger partial charge in [-0.3, -0.25) is 0 Å². The fourth-order valence-electron chi connectivity index (χ4n) is 2.42. The number of aromatic nitrogens is 2. The third kappa shape index (κ3) is 3.42. The number of benzene rings is 2. The zero-order valence-corrected chi connectivity index (χ0v) is 14.3. The Morgan fingerprint density at radius 2 is 1.96 bits per heavy atom. The van der Waals surface area contributed by atoms with Crippen molar-refractivity contribution in [2.45, 2.75) is 13.0 Å². The van der Waals surface area contributed by atoms with Crippen LogP contribution in [0, 0.1) is 0 Å². The molecule has 2 aromatic heterocycles. The van der Waals surface area contributed by atoms with Gasteiger partial charge in [-0.05, 0) is 23.8 Å². The maximum atomic E-state index is 5.96. The van der Waals surface area contributed by atoms with Crippen LogP contribution in [0.25, 0.3) is 11.1 Å². The van der Waals surface area contributed by atoms with Gasteiger partial charge in [0.2, 0.25) is 0 Å². The fraction of sp³-hybridized carbons (Fsp3) is 0.111. The molecule has 120 valence electrons. The number of oxazole rings is 1. The highest BCUT2D eigenvalue weighted by Gasteiger charge is 2.08. The summed E-state index contributed by atoms with van der Waals surface area (Å²) < 4.78 is 5.64. The number of rotatable bonds is 5. The van der Waals surface area contributed by atoms with E-state index < -0.39 is 0 Å². The molecule has 0 saturated heterocycles. The lowest BCUT2D eigenvalue weighted by Crippen LogP contribution is -2.00. The number of nitrogens with one attached hydrogen (secondary N) is 1. The third-order valence-electron chi connectivity index (χ3n) is 3.57. The molecule has 0 saturated carbocycles. The van der Waals surface area contributed by atoms with Gasteiger partial charge in [-0.2, -0.15) is 4.98 Å². The zero-order valence-electron chi connectivity index (χ0n) is 12.7. The number of anilines is 1. The van der Waals surface area contributed by atoms with Gasteiger partial charge in [0.1, 0.15) is 5.52 Å². The minimum absolute atomic E-state index is 0.477. The first-order chi connectivity index (χ1) is 11.8. The van der Waals surface area contributed by atoms with Crippen molar-refractivity contribution in [1.29, 1.82) is 0 Å². The van der Waals surface area contributed by atoms with Gasteiger partial charge in [-0.25, -0.2) is 4.98 Å². The van der Waals surface area contributed by atoms with Gasteiger partial charge in [-0.1, -0.05) is 41.9 Å². The predicted octanol–water partition coefficient (Wildman–Crippen LogP) is 5.14. The topological polar surface area (TPSA) is 51.0 Å². The van der Waals surface area contributed by atoms with Crippen LogP contribution < -0.4 is 5.32 Å². The molecule has 2 heterocycles. The van der Waals surface area contributed by atoms with Crippen LogP contribution in [-0.2, 0) is 13.0 Å². The average Bonchev–Trinajstić information content (AvgIpc) is 3.20. The van der Waals surface area contributed by atoms with E-state index in [4.69, 9.17) is 16.0 Å². The lowest BCUT2D eigenvalue weighted by Gasteiger charge is -1.98. The Morgan fingerprint density at radius 1 is 1.08 bits per heavy atom. The van der Waals surface area contributed by atoms with E-state index in [-0.39, 0.29) is 0 Å². The molecule has 6 heteroatoms. The minimum Gasteiger partial charge on any atom is -0.424 e. The zero-order chi connectivity index (χ0) is 16.4. The fourth-order valence-corrected chi connectivity index (χ4v) is 3.42. The van der Waals surface area contributed by atoms with Gasteiger partial charge in [-0.15, -0.1) is 11.3 Å². The molecule has 4 rings (SSSR count). The normalized spacial score (nSPS) is 11.0. The number of thiazole rings is 1. The van der Waals surface area contributed by atoms with Crippen LogP contribution in [0.4, 0.5) is 6.01 Å². The van der Waals surface area contributed by atoms with Crippen molar-refractivity contribution >= 4 is 40.1 Å². The van der Waals surface area contributed by atoms with Crippen molar-refractivity contribution in [2.75, 3.05) is 5.32 Å². The molecule has 0 unspecified atom stereocenters. The minimum atomic E-state index is 0.477. The number of fused-ring (bicyclic) bond motifs is 1. The van der Waals surface area contributed by atoms with E-state index in [1.807, 2.05) is 24.3 Å². The van der Waals surface area contributed by atoms with Crippen LogP contribution in [0.1, 0.15) is 16.3 Å². The van der Waals surface area contributed by atoms with E-state index in [0.717, 1.165) is 22.6 Å². The molecule has 0 aliphatic rings. The number of hydrogen-bond acceptors (Lipinski definition) is 5. The molecule has 0 radical (unpaired) electrons. The van der Waals surface area contributed by atoms with Crippen LogP contribution in [0.5, 0.6) is 0 Å². The van der Waals surface area contributed by atoms with E-state index in [2.05, 4.69) is 32.8 Å². The standard InChI is InChI=1S/C18H14ClN3OS/c19-13-6-7-16-15(9-13)22-18(23-16)20-10-14-11-24-17(21-14)8-12-4-2-1-3-5-12/h1-7,9,11H,8,10H2,(H,20,22). The summed E-state index contributed by atoms with van der Waals surface area (Å²) in [5.41, 5.74) is 3.70. The van der Waals surface area contributed by atoms with Crippen molar-refractivity contribution in [3.63, 3.8) is 0 Å². The van der Waals surface area contributed by atoms with Crippen LogP contribution in [-0.4, -0.2) is 9.97 Å². The smallest absolute Gasteiger partial charge is 0.296 e. The summed E-state index contributed by atoms with van der Waals surface area (Å²) in [7, 11) is 0. The first-order valence-electron chi connectivity index (χ1n) is 7.53. The van der Waals surface area contributed by atoms with Crippen LogP contribution in [0.3, 0.4) is 0 Å². The second kappa shape index (κ2) is 6.63. The van der Waals surface area contributed by atoms with E-state index >= 15 is 0 Å². The number of hydrogen-bond donors (Lipinski definition) is 1. The first-order valence-corrected chi connectivity index (χ1v) is 8.79. The molecule has 4 aromatic rings. The van der Waals surface area contributed by atoms with Gasteiger partial charge in [0, 0.05) is 16.8 Å². The Labute approximate surface area is 148 Å². The molecule has 0 fully saturated rings. The highest BCUT2D eigenvalue weighted by Crippen LogP contribution is 2.23. The molecule has 24 heavy (non-hydrogen) atoms.